The summed E-state index contributed by atoms with van der Waals surface area (Å²) in [6.45, 7) is 12.1. The predicted octanol–water partition coefficient (Wildman–Crippen LogP) is 4.75. The molecule has 4 rings (SSSR count). The lowest BCUT2D eigenvalue weighted by Gasteiger charge is -2.31. The molecule has 2 saturated heterocycles. The van der Waals surface area contributed by atoms with Gasteiger partial charge in [0.25, 0.3) is 0 Å². The summed E-state index contributed by atoms with van der Waals surface area (Å²) >= 11 is 0. The molecule has 0 N–H and O–H groups in total. The van der Waals surface area contributed by atoms with Crippen molar-refractivity contribution in [3.8, 4) is 11.4 Å². The van der Waals surface area contributed by atoms with Crippen molar-refractivity contribution in [2.45, 2.75) is 59.0 Å². The van der Waals surface area contributed by atoms with Crippen molar-refractivity contribution in [3.63, 3.8) is 0 Å². The molecule has 4 heteroatoms. The minimum absolute atomic E-state index is 0.504. The molecule has 0 amide bonds. The maximum atomic E-state index is 5.55. The first-order chi connectivity index (χ1) is 13.1. The van der Waals surface area contributed by atoms with Crippen molar-refractivity contribution >= 4 is 0 Å². The number of ether oxygens (including phenoxy) is 1. The Morgan fingerprint density at radius 3 is 2.52 bits per heavy atom. The summed E-state index contributed by atoms with van der Waals surface area (Å²) in [5.41, 5.74) is 5.46. The molecule has 4 nitrogen and oxygen atoms in total. The Labute approximate surface area is 163 Å². The van der Waals surface area contributed by atoms with Gasteiger partial charge >= 0.3 is 0 Å². The summed E-state index contributed by atoms with van der Waals surface area (Å²) in [5.74, 6) is 2.00. The molecule has 0 aliphatic carbocycles. The Morgan fingerprint density at radius 2 is 1.78 bits per heavy atom. The van der Waals surface area contributed by atoms with Gasteiger partial charge in [0.1, 0.15) is 5.82 Å². The lowest BCUT2D eigenvalue weighted by atomic mass is 9.96. The van der Waals surface area contributed by atoms with E-state index < -0.39 is 0 Å². The Morgan fingerprint density at radius 1 is 1.04 bits per heavy atom. The molecule has 27 heavy (non-hydrogen) atoms. The third-order valence-electron chi connectivity index (χ3n) is 6.45. The number of aryl methyl sites for hydroxylation is 2. The average Bonchev–Trinajstić information content (AvgIpc) is 3.16. The van der Waals surface area contributed by atoms with Crippen LogP contribution in [0.1, 0.15) is 55.3 Å². The second-order valence-corrected chi connectivity index (χ2v) is 8.55. The molecule has 0 bridgehead atoms. The number of rotatable bonds is 4. The molecule has 146 valence electrons. The van der Waals surface area contributed by atoms with Crippen LogP contribution in [0.2, 0.25) is 0 Å². The highest BCUT2D eigenvalue weighted by Crippen LogP contribution is 2.31. The fraction of sp³-hybridized carbons (Fsp3) is 0.609. The van der Waals surface area contributed by atoms with Gasteiger partial charge in [-0.05, 0) is 81.3 Å². The number of piperidine rings is 1. The molecule has 0 atom stereocenters. The molecule has 0 spiro atoms. The fourth-order valence-electron chi connectivity index (χ4n) is 4.55. The summed E-state index contributed by atoms with van der Waals surface area (Å²) < 4.78 is 7.94. The van der Waals surface area contributed by atoms with Gasteiger partial charge in [0, 0.05) is 43.8 Å². The quantitative estimate of drug-likeness (QED) is 0.781. The average molecular weight is 368 g/mol. The molecule has 0 radical (unpaired) electrons. The first kappa shape index (κ1) is 18.7. The van der Waals surface area contributed by atoms with Gasteiger partial charge in [-0.3, -0.25) is 4.90 Å². The molecule has 1 aromatic carbocycles. The molecular formula is C23H33N3O. The summed E-state index contributed by atoms with van der Waals surface area (Å²) in [4.78, 5) is 7.38. The molecule has 2 aromatic rings. The molecule has 1 aromatic heterocycles. The van der Waals surface area contributed by atoms with E-state index in [0.29, 0.717) is 6.04 Å². The van der Waals surface area contributed by atoms with Crippen molar-refractivity contribution in [2.75, 3.05) is 26.3 Å². The van der Waals surface area contributed by atoms with E-state index in [0.717, 1.165) is 44.3 Å². The number of nitrogens with zero attached hydrogens (tertiary/aromatic N) is 3. The third kappa shape index (κ3) is 4.12. The number of likely N-dealkylation sites (tertiary alicyclic amines) is 1. The van der Waals surface area contributed by atoms with E-state index in [4.69, 9.17) is 9.72 Å². The number of benzene rings is 1. The van der Waals surface area contributed by atoms with Gasteiger partial charge in [0.05, 0.1) is 0 Å². The van der Waals surface area contributed by atoms with E-state index >= 15 is 0 Å². The maximum absolute atomic E-state index is 5.55. The molecule has 0 saturated carbocycles. The summed E-state index contributed by atoms with van der Waals surface area (Å²) in [7, 11) is 0. The van der Waals surface area contributed by atoms with Crippen LogP contribution >= 0.6 is 0 Å². The van der Waals surface area contributed by atoms with E-state index in [1.54, 1.807) is 0 Å². The Balaban J connectivity index is 1.61. The van der Waals surface area contributed by atoms with Crippen LogP contribution in [0, 0.1) is 19.8 Å². The largest absolute Gasteiger partial charge is 0.381 e. The Hall–Kier alpha value is -1.65. The van der Waals surface area contributed by atoms with Crippen molar-refractivity contribution in [1.29, 1.82) is 0 Å². The van der Waals surface area contributed by atoms with Gasteiger partial charge in [-0.15, -0.1) is 0 Å². The molecule has 3 heterocycles. The first-order valence-electron chi connectivity index (χ1n) is 10.5. The van der Waals surface area contributed by atoms with Crippen LogP contribution in [-0.4, -0.2) is 40.8 Å². The minimum Gasteiger partial charge on any atom is -0.381 e. The highest BCUT2D eigenvalue weighted by Gasteiger charge is 2.21. The summed E-state index contributed by atoms with van der Waals surface area (Å²) in [6, 6.07) is 5.25. The third-order valence-corrected chi connectivity index (χ3v) is 6.45. The molecular weight excluding hydrogens is 334 g/mol. The molecule has 2 fully saturated rings. The van der Waals surface area contributed by atoms with Crippen LogP contribution in [-0.2, 0) is 11.3 Å². The van der Waals surface area contributed by atoms with Crippen molar-refractivity contribution < 1.29 is 4.74 Å². The SMILES string of the molecule is Cc1cc(C)c(-c2nccn2C2CCOCC2)cc1CN1CCC(C)CC1. The van der Waals surface area contributed by atoms with Gasteiger partial charge in [0.15, 0.2) is 0 Å². The van der Waals surface area contributed by atoms with E-state index in [2.05, 4.69) is 48.6 Å². The van der Waals surface area contributed by atoms with Crippen LogP contribution < -0.4 is 0 Å². The van der Waals surface area contributed by atoms with Crippen LogP contribution in [0.15, 0.2) is 24.5 Å². The van der Waals surface area contributed by atoms with E-state index in [-0.39, 0.29) is 0 Å². The lowest BCUT2D eigenvalue weighted by Crippen LogP contribution is -2.32. The van der Waals surface area contributed by atoms with Crippen LogP contribution in [0.4, 0.5) is 0 Å². The van der Waals surface area contributed by atoms with Gasteiger partial charge in [0.2, 0.25) is 0 Å². The smallest absolute Gasteiger partial charge is 0.140 e. The monoisotopic (exact) mass is 367 g/mol. The predicted molar refractivity (Wildman–Crippen MR) is 110 cm³/mol. The summed E-state index contributed by atoms with van der Waals surface area (Å²) in [6.07, 6.45) is 8.91. The maximum Gasteiger partial charge on any atom is 0.140 e. The second kappa shape index (κ2) is 8.15. The number of hydrogen-bond donors (Lipinski definition) is 0. The van der Waals surface area contributed by atoms with Crippen LogP contribution in [0.3, 0.4) is 0 Å². The minimum atomic E-state index is 0.504. The van der Waals surface area contributed by atoms with Crippen molar-refractivity contribution in [2.24, 2.45) is 5.92 Å². The molecule has 0 unspecified atom stereocenters. The zero-order chi connectivity index (χ0) is 18.8. The van der Waals surface area contributed by atoms with Gasteiger partial charge in [-0.25, -0.2) is 4.98 Å². The molecule has 2 aliphatic heterocycles. The van der Waals surface area contributed by atoms with Gasteiger partial charge in [-0.2, -0.15) is 0 Å². The summed E-state index contributed by atoms with van der Waals surface area (Å²) in [5, 5.41) is 0. The van der Waals surface area contributed by atoms with Crippen molar-refractivity contribution in [1.82, 2.24) is 14.5 Å². The Bertz CT molecular complexity index is 768. The zero-order valence-electron chi connectivity index (χ0n) is 17.1. The lowest BCUT2D eigenvalue weighted by molar-refractivity contribution is 0.0700. The zero-order valence-corrected chi connectivity index (χ0v) is 17.1. The van der Waals surface area contributed by atoms with Crippen molar-refractivity contribution in [3.05, 3.63) is 41.2 Å². The first-order valence-corrected chi connectivity index (χ1v) is 10.5. The second-order valence-electron chi connectivity index (χ2n) is 8.55. The van der Waals surface area contributed by atoms with Gasteiger partial charge < -0.3 is 9.30 Å². The Kier molecular flexibility index (Phi) is 5.65. The van der Waals surface area contributed by atoms with Crippen LogP contribution in [0.5, 0.6) is 0 Å². The topological polar surface area (TPSA) is 30.3 Å². The number of aromatic nitrogens is 2. The van der Waals surface area contributed by atoms with E-state index in [1.165, 1.54) is 48.2 Å². The fourth-order valence-corrected chi connectivity index (χ4v) is 4.55. The van der Waals surface area contributed by atoms with E-state index in [9.17, 15) is 0 Å². The van der Waals surface area contributed by atoms with Gasteiger partial charge in [-0.1, -0.05) is 13.0 Å². The number of hydrogen-bond acceptors (Lipinski definition) is 3. The van der Waals surface area contributed by atoms with E-state index in [1.807, 2.05) is 6.20 Å². The van der Waals surface area contributed by atoms with Crippen LogP contribution in [0.25, 0.3) is 11.4 Å². The highest BCUT2D eigenvalue weighted by atomic mass is 16.5. The number of imidazole rings is 1. The highest BCUT2D eigenvalue weighted by molar-refractivity contribution is 5.63. The standard InChI is InChI=1S/C23H33N3O/c1-17-4-9-25(10-5-17)16-20-15-22(19(3)14-18(20)2)23-24-8-11-26(23)21-6-12-27-13-7-21/h8,11,14-15,17,21H,4-7,9-10,12-13,16H2,1-3H3. The molecule has 2 aliphatic rings. The normalized spacial score (nSPS) is 20.3.